The van der Waals surface area contributed by atoms with E-state index < -0.39 is 33.1 Å². The van der Waals surface area contributed by atoms with E-state index in [1.807, 2.05) is 6.92 Å². The largest absolute Gasteiger partial charge is 0.478 e. The summed E-state index contributed by atoms with van der Waals surface area (Å²) in [6.45, 7) is 2.02. The molecule has 9 nitrogen and oxygen atoms in total. The third-order valence-electron chi connectivity index (χ3n) is 4.19. The van der Waals surface area contributed by atoms with Crippen LogP contribution in [-0.2, 0) is 14.8 Å². The molecule has 0 atom stereocenters. The van der Waals surface area contributed by atoms with Crippen molar-refractivity contribution in [2.45, 2.75) is 37.5 Å². The van der Waals surface area contributed by atoms with Crippen molar-refractivity contribution in [1.82, 2.24) is 0 Å². The van der Waals surface area contributed by atoms with E-state index in [-0.39, 0.29) is 22.2 Å². The Balaban J connectivity index is 2.29. The third-order valence-corrected chi connectivity index (χ3v) is 5.55. The molecule has 2 aromatic rings. The molecule has 0 radical (unpaired) electrons. The van der Waals surface area contributed by atoms with Gasteiger partial charge in [-0.2, -0.15) is 0 Å². The Morgan fingerprint density at radius 3 is 2.30 bits per heavy atom. The average Bonchev–Trinajstić information content (AvgIpc) is 2.67. The molecule has 0 aromatic heterocycles. The van der Waals surface area contributed by atoms with Crippen molar-refractivity contribution in [2.24, 2.45) is 0 Å². The second kappa shape index (κ2) is 9.88. The number of unbranched alkanes of at least 4 members (excludes halogenated alkanes) is 2. The minimum atomic E-state index is -4.25. The Morgan fingerprint density at radius 1 is 0.967 bits per heavy atom. The van der Waals surface area contributed by atoms with Gasteiger partial charge in [0.05, 0.1) is 21.7 Å². The number of carbonyl (C=O) groups excluding carboxylic acids is 1. The lowest BCUT2D eigenvalue weighted by molar-refractivity contribution is -0.116. The van der Waals surface area contributed by atoms with Gasteiger partial charge in [0, 0.05) is 12.1 Å². The van der Waals surface area contributed by atoms with Crippen molar-refractivity contribution in [2.75, 3.05) is 10.0 Å². The number of carboxylic acids is 2. The highest BCUT2D eigenvalue weighted by Gasteiger charge is 2.24. The first-order valence-electron chi connectivity index (χ1n) is 9.18. The zero-order valence-electron chi connectivity index (χ0n) is 16.2. The fourth-order valence-electron chi connectivity index (χ4n) is 2.75. The highest BCUT2D eigenvalue weighted by Crippen LogP contribution is 2.25. The molecule has 0 aliphatic carbocycles. The van der Waals surface area contributed by atoms with Crippen LogP contribution in [0, 0.1) is 0 Å². The molecule has 0 unspecified atom stereocenters. The van der Waals surface area contributed by atoms with E-state index in [1.165, 1.54) is 30.3 Å². The lowest BCUT2D eigenvalue weighted by atomic mass is 10.1. The Morgan fingerprint density at radius 2 is 1.67 bits per heavy atom. The van der Waals surface area contributed by atoms with E-state index in [1.54, 1.807) is 0 Å². The Hall–Kier alpha value is -3.40. The predicted molar refractivity (Wildman–Crippen MR) is 110 cm³/mol. The summed E-state index contributed by atoms with van der Waals surface area (Å²) >= 11 is 0. The lowest BCUT2D eigenvalue weighted by Crippen LogP contribution is -2.18. The van der Waals surface area contributed by atoms with Crippen LogP contribution in [-0.4, -0.2) is 36.5 Å². The lowest BCUT2D eigenvalue weighted by Gasteiger charge is -2.13. The Kier molecular flexibility index (Phi) is 7.54. The minimum Gasteiger partial charge on any atom is -0.478 e. The van der Waals surface area contributed by atoms with Crippen LogP contribution in [0.2, 0.25) is 0 Å². The summed E-state index contributed by atoms with van der Waals surface area (Å²) in [5.74, 6) is -3.33. The average molecular weight is 434 g/mol. The molecule has 30 heavy (non-hydrogen) atoms. The predicted octanol–water partition coefficient (Wildman–Crippen LogP) is 3.40. The van der Waals surface area contributed by atoms with Crippen molar-refractivity contribution in [3.63, 3.8) is 0 Å². The number of hydrogen-bond acceptors (Lipinski definition) is 5. The maximum atomic E-state index is 12.7. The second-order valence-corrected chi connectivity index (χ2v) is 8.16. The summed E-state index contributed by atoms with van der Waals surface area (Å²) in [5.41, 5.74) is -1.32. The standard InChI is InChI=1S/C20H22N2O7S/c1-2-3-4-11-17(23)21-13-7-5-8-14(12-13)30(28,29)22-16-10-6-9-15(19(24)25)18(16)20(26)27/h5-10,12,22H,2-4,11H2,1H3,(H,21,23)(H,24,25)(H,26,27). The van der Waals surface area contributed by atoms with Crippen LogP contribution in [0.1, 0.15) is 53.3 Å². The molecule has 0 aliphatic rings. The van der Waals surface area contributed by atoms with Crippen LogP contribution >= 0.6 is 0 Å². The summed E-state index contributed by atoms with van der Waals surface area (Å²) in [7, 11) is -4.25. The quantitative estimate of drug-likeness (QED) is 0.419. The number of carboxylic acid groups (broad SMARTS) is 2. The van der Waals surface area contributed by atoms with Crippen LogP contribution in [0.25, 0.3) is 0 Å². The third kappa shape index (κ3) is 5.80. The first-order valence-corrected chi connectivity index (χ1v) is 10.7. The molecule has 0 bridgehead atoms. The van der Waals surface area contributed by atoms with Gasteiger partial charge in [0.2, 0.25) is 5.91 Å². The summed E-state index contributed by atoms with van der Waals surface area (Å²) in [6, 6.07) is 8.94. The number of benzene rings is 2. The van der Waals surface area contributed by atoms with E-state index in [9.17, 15) is 33.0 Å². The van der Waals surface area contributed by atoms with Gasteiger partial charge < -0.3 is 15.5 Å². The molecule has 2 aromatic carbocycles. The molecule has 10 heteroatoms. The molecule has 0 saturated carbocycles. The molecule has 2 rings (SSSR count). The maximum Gasteiger partial charge on any atom is 0.338 e. The number of hydrogen-bond donors (Lipinski definition) is 4. The van der Waals surface area contributed by atoms with E-state index in [0.717, 1.165) is 31.4 Å². The smallest absolute Gasteiger partial charge is 0.338 e. The first-order chi connectivity index (χ1) is 14.2. The highest BCUT2D eigenvalue weighted by atomic mass is 32.2. The molecular formula is C20H22N2O7S. The topological polar surface area (TPSA) is 150 Å². The summed E-state index contributed by atoms with van der Waals surface area (Å²) < 4.78 is 27.6. The van der Waals surface area contributed by atoms with Gasteiger partial charge in [-0.05, 0) is 36.8 Å². The van der Waals surface area contributed by atoms with Gasteiger partial charge >= 0.3 is 11.9 Å². The van der Waals surface area contributed by atoms with Gasteiger partial charge in [-0.25, -0.2) is 18.0 Å². The van der Waals surface area contributed by atoms with Crippen molar-refractivity contribution in [3.8, 4) is 0 Å². The van der Waals surface area contributed by atoms with Crippen LogP contribution in [0.4, 0.5) is 11.4 Å². The number of sulfonamides is 1. The van der Waals surface area contributed by atoms with Gasteiger partial charge in [0.25, 0.3) is 10.0 Å². The minimum absolute atomic E-state index is 0.217. The van der Waals surface area contributed by atoms with Crippen LogP contribution in [0.15, 0.2) is 47.4 Å². The normalized spacial score (nSPS) is 11.0. The zero-order valence-corrected chi connectivity index (χ0v) is 17.0. The number of carbonyl (C=O) groups is 3. The molecule has 0 aliphatic heterocycles. The van der Waals surface area contributed by atoms with Crippen LogP contribution < -0.4 is 10.0 Å². The summed E-state index contributed by atoms with van der Waals surface area (Å²) in [4.78, 5) is 34.5. The number of nitrogens with one attached hydrogen (secondary N) is 2. The monoisotopic (exact) mass is 434 g/mol. The SMILES string of the molecule is CCCCCC(=O)Nc1cccc(S(=O)(=O)Nc2cccc(C(=O)O)c2C(=O)O)c1. The van der Waals surface area contributed by atoms with Crippen molar-refractivity contribution in [3.05, 3.63) is 53.6 Å². The summed E-state index contributed by atoms with van der Waals surface area (Å²) in [6.07, 6.45) is 2.91. The van der Waals surface area contributed by atoms with Gasteiger partial charge in [0.1, 0.15) is 0 Å². The van der Waals surface area contributed by atoms with Crippen molar-refractivity contribution in [1.29, 1.82) is 0 Å². The molecule has 160 valence electrons. The molecule has 0 fully saturated rings. The zero-order chi connectivity index (χ0) is 22.3. The molecule has 1 amide bonds. The number of anilines is 2. The van der Waals surface area contributed by atoms with Gasteiger partial charge in [0.15, 0.2) is 0 Å². The number of rotatable bonds is 10. The van der Waals surface area contributed by atoms with Crippen LogP contribution in [0.3, 0.4) is 0 Å². The maximum absolute atomic E-state index is 12.7. The summed E-state index contributed by atoms with van der Waals surface area (Å²) in [5, 5.41) is 21.1. The Labute approximate surface area is 173 Å². The molecule has 0 heterocycles. The van der Waals surface area contributed by atoms with Gasteiger partial charge in [-0.3, -0.25) is 9.52 Å². The number of amides is 1. The van der Waals surface area contributed by atoms with Crippen molar-refractivity contribution >= 4 is 39.2 Å². The van der Waals surface area contributed by atoms with E-state index >= 15 is 0 Å². The fourth-order valence-corrected chi connectivity index (χ4v) is 3.87. The number of aromatic carboxylic acids is 2. The highest BCUT2D eigenvalue weighted by molar-refractivity contribution is 7.92. The van der Waals surface area contributed by atoms with E-state index in [0.29, 0.717) is 6.42 Å². The van der Waals surface area contributed by atoms with E-state index in [4.69, 9.17) is 0 Å². The van der Waals surface area contributed by atoms with Gasteiger partial charge in [-0.15, -0.1) is 0 Å². The fraction of sp³-hybridized carbons (Fsp3) is 0.250. The first kappa shape index (κ1) is 22.9. The Bertz CT molecular complexity index is 1060. The molecule has 0 spiro atoms. The molecular weight excluding hydrogens is 412 g/mol. The van der Waals surface area contributed by atoms with Crippen LogP contribution in [0.5, 0.6) is 0 Å². The second-order valence-electron chi connectivity index (χ2n) is 6.48. The van der Waals surface area contributed by atoms with E-state index in [2.05, 4.69) is 10.0 Å². The van der Waals surface area contributed by atoms with Crippen molar-refractivity contribution < 1.29 is 33.0 Å². The molecule has 0 saturated heterocycles. The molecule has 4 N–H and O–H groups in total. The van der Waals surface area contributed by atoms with Gasteiger partial charge in [-0.1, -0.05) is 31.9 Å².